The summed E-state index contributed by atoms with van der Waals surface area (Å²) in [6.45, 7) is 8.00. The Kier molecular flexibility index (Phi) is 5.71. The van der Waals surface area contributed by atoms with Crippen LogP contribution in [0, 0.1) is 28.6 Å². The van der Waals surface area contributed by atoms with Gasteiger partial charge in [-0.25, -0.2) is 0 Å². The number of ketones is 1. The van der Waals surface area contributed by atoms with Gasteiger partial charge in [-0.1, -0.05) is 34.1 Å². The summed E-state index contributed by atoms with van der Waals surface area (Å²) >= 11 is 0. The molecule has 2 rings (SSSR count). The monoisotopic (exact) mass is 336 g/mol. The Balaban J connectivity index is 2.38. The minimum Gasteiger partial charge on any atom is -0.396 e. The molecule has 1 saturated carbocycles. The maximum absolute atomic E-state index is 12.1. The van der Waals surface area contributed by atoms with E-state index in [1.165, 1.54) is 0 Å². The van der Waals surface area contributed by atoms with Gasteiger partial charge in [-0.2, -0.15) is 0 Å². The lowest BCUT2D eigenvalue weighted by Gasteiger charge is -2.58. The van der Waals surface area contributed by atoms with Crippen LogP contribution in [-0.2, 0) is 9.59 Å². The Labute approximate surface area is 145 Å². The first-order chi connectivity index (χ1) is 11.2. The van der Waals surface area contributed by atoms with Gasteiger partial charge >= 0.3 is 0 Å². The average molecular weight is 336 g/mol. The number of rotatable bonds is 6. The first kappa shape index (κ1) is 19.3. The predicted octanol–water partition coefficient (Wildman–Crippen LogP) is 2.91. The fourth-order valence-electron chi connectivity index (χ4n) is 5.33. The van der Waals surface area contributed by atoms with Crippen molar-refractivity contribution >= 4 is 12.1 Å². The number of Topliss-reactive ketones (excluding diaryl/α,β-unsaturated/α-hetero) is 1. The second-order valence-electron chi connectivity index (χ2n) is 8.64. The molecule has 0 aromatic carbocycles. The van der Waals surface area contributed by atoms with Gasteiger partial charge < -0.3 is 10.2 Å². The molecule has 0 aromatic heterocycles. The molecule has 1 fully saturated rings. The number of allylic oxidation sites excluding steroid dienone is 1. The SMILES string of the molecule is CC(C)C(=O)CC[C@@H]1C(C=O)=C[C@@H](O)[C@@H]2[C@@](C)(CO)CCC[C@@]12C. The van der Waals surface area contributed by atoms with Gasteiger partial charge in [0.15, 0.2) is 0 Å². The Morgan fingerprint density at radius 2 is 2.04 bits per heavy atom. The molecule has 136 valence electrons. The quantitative estimate of drug-likeness (QED) is 0.731. The molecule has 4 heteroatoms. The van der Waals surface area contributed by atoms with Crippen LogP contribution in [0.25, 0.3) is 0 Å². The smallest absolute Gasteiger partial charge is 0.146 e. The van der Waals surface area contributed by atoms with E-state index in [4.69, 9.17) is 0 Å². The van der Waals surface area contributed by atoms with E-state index in [1.807, 2.05) is 20.8 Å². The van der Waals surface area contributed by atoms with Gasteiger partial charge in [0.25, 0.3) is 0 Å². The molecule has 2 aliphatic carbocycles. The first-order valence-corrected chi connectivity index (χ1v) is 9.18. The van der Waals surface area contributed by atoms with Gasteiger partial charge in [-0.15, -0.1) is 0 Å². The standard InChI is InChI=1S/C20H32O4/c1-13(2)16(23)7-6-15-14(11-21)10-17(24)18-19(3,12-22)8-5-9-20(15,18)4/h10-11,13,15,17-18,22,24H,5-9,12H2,1-4H3/t15-,17-,18-,19-,20+/m1/s1. The Morgan fingerprint density at radius 3 is 2.58 bits per heavy atom. The number of hydrogen-bond donors (Lipinski definition) is 2. The number of fused-ring (bicyclic) bond motifs is 1. The maximum atomic E-state index is 12.1. The summed E-state index contributed by atoms with van der Waals surface area (Å²) in [7, 11) is 0. The average Bonchev–Trinajstić information content (AvgIpc) is 2.52. The summed E-state index contributed by atoms with van der Waals surface area (Å²) in [5, 5.41) is 20.7. The third-order valence-electron chi connectivity index (χ3n) is 6.65. The second-order valence-corrected chi connectivity index (χ2v) is 8.64. The number of aldehydes is 1. The van der Waals surface area contributed by atoms with E-state index in [2.05, 4.69) is 6.92 Å². The van der Waals surface area contributed by atoms with Crippen LogP contribution in [0.2, 0.25) is 0 Å². The van der Waals surface area contributed by atoms with Crippen molar-refractivity contribution in [2.75, 3.05) is 6.61 Å². The van der Waals surface area contributed by atoms with E-state index in [-0.39, 0.29) is 41.0 Å². The van der Waals surface area contributed by atoms with Crippen molar-refractivity contribution in [3.8, 4) is 0 Å². The predicted molar refractivity (Wildman–Crippen MR) is 93.4 cm³/mol. The lowest BCUT2D eigenvalue weighted by atomic mass is 9.47. The third-order valence-corrected chi connectivity index (χ3v) is 6.65. The molecular weight excluding hydrogens is 304 g/mol. The molecule has 0 unspecified atom stereocenters. The number of carbonyl (C=O) groups is 2. The minimum atomic E-state index is -0.718. The summed E-state index contributed by atoms with van der Waals surface area (Å²) < 4.78 is 0. The van der Waals surface area contributed by atoms with Crippen molar-refractivity contribution in [3.05, 3.63) is 11.6 Å². The topological polar surface area (TPSA) is 74.6 Å². The molecule has 5 atom stereocenters. The molecule has 0 saturated heterocycles. The van der Waals surface area contributed by atoms with E-state index >= 15 is 0 Å². The van der Waals surface area contributed by atoms with Crippen molar-refractivity contribution in [1.29, 1.82) is 0 Å². The fourth-order valence-corrected chi connectivity index (χ4v) is 5.33. The minimum absolute atomic E-state index is 0.000470. The zero-order valence-electron chi connectivity index (χ0n) is 15.4. The van der Waals surface area contributed by atoms with Crippen LogP contribution in [-0.4, -0.2) is 35.0 Å². The molecule has 24 heavy (non-hydrogen) atoms. The second kappa shape index (κ2) is 7.09. The van der Waals surface area contributed by atoms with Gasteiger partial charge in [0.05, 0.1) is 6.10 Å². The maximum Gasteiger partial charge on any atom is 0.146 e. The number of carbonyl (C=O) groups excluding carboxylic acids is 2. The molecule has 4 nitrogen and oxygen atoms in total. The van der Waals surface area contributed by atoms with Gasteiger partial charge in [-0.05, 0) is 47.7 Å². The van der Waals surface area contributed by atoms with E-state index < -0.39 is 6.10 Å². The highest BCUT2D eigenvalue weighted by atomic mass is 16.3. The van der Waals surface area contributed by atoms with Crippen LogP contribution < -0.4 is 0 Å². The van der Waals surface area contributed by atoms with Crippen LogP contribution in [0.5, 0.6) is 0 Å². The molecule has 2 N–H and O–H groups in total. The molecule has 0 spiro atoms. The van der Waals surface area contributed by atoms with E-state index in [0.29, 0.717) is 18.4 Å². The summed E-state index contributed by atoms with van der Waals surface area (Å²) in [5.41, 5.74) is 0.00896. The summed E-state index contributed by atoms with van der Waals surface area (Å²) in [5.74, 6) is 0.0941. The van der Waals surface area contributed by atoms with Crippen molar-refractivity contribution in [1.82, 2.24) is 0 Å². The van der Waals surface area contributed by atoms with Crippen molar-refractivity contribution in [2.45, 2.75) is 65.9 Å². The summed E-state index contributed by atoms with van der Waals surface area (Å²) in [6, 6.07) is 0. The van der Waals surface area contributed by atoms with Gasteiger partial charge in [-0.3, -0.25) is 9.59 Å². The fraction of sp³-hybridized carbons (Fsp3) is 0.800. The van der Waals surface area contributed by atoms with Crippen molar-refractivity contribution in [3.63, 3.8) is 0 Å². The molecule has 0 amide bonds. The molecule has 0 bridgehead atoms. The van der Waals surface area contributed by atoms with Gasteiger partial charge in [0.1, 0.15) is 12.1 Å². The molecule has 2 aliphatic rings. The highest BCUT2D eigenvalue weighted by Crippen LogP contribution is 2.60. The van der Waals surface area contributed by atoms with Crippen LogP contribution in [0.3, 0.4) is 0 Å². The molecule has 0 aliphatic heterocycles. The summed E-state index contributed by atoms with van der Waals surface area (Å²) in [4.78, 5) is 23.7. The van der Waals surface area contributed by atoms with Gasteiger partial charge in [0.2, 0.25) is 0 Å². The van der Waals surface area contributed by atoms with Crippen LogP contribution in [0.1, 0.15) is 59.8 Å². The van der Waals surface area contributed by atoms with Crippen LogP contribution in [0.4, 0.5) is 0 Å². The van der Waals surface area contributed by atoms with Crippen LogP contribution >= 0.6 is 0 Å². The van der Waals surface area contributed by atoms with Crippen molar-refractivity contribution < 1.29 is 19.8 Å². The lowest BCUT2D eigenvalue weighted by Crippen LogP contribution is -2.56. The number of hydrogen-bond acceptors (Lipinski definition) is 4. The molecule has 0 heterocycles. The highest BCUT2D eigenvalue weighted by molar-refractivity contribution is 5.81. The largest absolute Gasteiger partial charge is 0.396 e. The zero-order chi connectivity index (χ0) is 18.1. The lowest BCUT2D eigenvalue weighted by molar-refractivity contribution is -0.130. The number of aliphatic hydroxyl groups excluding tert-OH is 2. The van der Waals surface area contributed by atoms with E-state index in [1.54, 1.807) is 6.08 Å². The Morgan fingerprint density at radius 1 is 1.38 bits per heavy atom. The number of aliphatic hydroxyl groups is 2. The van der Waals surface area contributed by atoms with E-state index in [0.717, 1.165) is 25.5 Å². The normalized spacial score (nSPS) is 39.3. The Bertz CT molecular complexity index is 524. The highest BCUT2D eigenvalue weighted by Gasteiger charge is 2.57. The first-order valence-electron chi connectivity index (χ1n) is 9.18. The zero-order valence-corrected chi connectivity index (χ0v) is 15.4. The molecule has 0 radical (unpaired) electrons. The van der Waals surface area contributed by atoms with Crippen molar-refractivity contribution in [2.24, 2.45) is 28.6 Å². The molecular formula is C20H32O4. The van der Waals surface area contributed by atoms with Crippen LogP contribution in [0.15, 0.2) is 11.6 Å². The van der Waals surface area contributed by atoms with E-state index in [9.17, 15) is 19.8 Å². The molecule has 0 aromatic rings. The van der Waals surface area contributed by atoms with Gasteiger partial charge in [0, 0.05) is 24.9 Å². The summed E-state index contributed by atoms with van der Waals surface area (Å²) in [6.07, 6.45) is 5.66. The Hall–Kier alpha value is -1.00. The third kappa shape index (κ3) is 3.23.